The molecule has 6 heteroatoms. The second kappa shape index (κ2) is 7.02. The molecule has 1 aliphatic carbocycles. The number of hydrogen-bond donors (Lipinski definition) is 1. The molecule has 1 N–H and O–H groups in total. The third-order valence-corrected chi connectivity index (χ3v) is 4.59. The van der Waals surface area contributed by atoms with Crippen LogP contribution in [-0.2, 0) is 0 Å². The van der Waals surface area contributed by atoms with Crippen molar-refractivity contribution in [3.63, 3.8) is 0 Å². The van der Waals surface area contributed by atoms with E-state index >= 15 is 0 Å². The van der Waals surface area contributed by atoms with E-state index in [0.717, 1.165) is 0 Å². The van der Waals surface area contributed by atoms with Crippen molar-refractivity contribution in [1.82, 2.24) is 5.32 Å². The number of amides is 1. The summed E-state index contributed by atoms with van der Waals surface area (Å²) in [7, 11) is 4.59. The summed E-state index contributed by atoms with van der Waals surface area (Å²) < 4.78 is 15.7. The van der Waals surface area contributed by atoms with Crippen molar-refractivity contribution < 1.29 is 19.0 Å². The number of methoxy groups -OCH3 is 3. The molecule has 1 atom stereocenters. The number of rotatable bonds is 7. The van der Waals surface area contributed by atoms with Gasteiger partial charge in [0.15, 0.2) is 11.5 Å². The van der Waals surface area contributed by atoms with Gasteiger partial charge in [-0.25, -0.2) is 0 Å². The molecule has 0 radical (unpaired) electrons. The Morgan fingerprint density at radius 2 is 1.81 bits per heavy atom. The van der Waals surface area contributed by atoms with Gasteiger partial charge in [0.2, 0.25) is 5.75 Å². The topological polar surface area (TPSA) is 56.8 Å². The molecule has 2 rings (SSSR count). The van der Waals surface area contributed by atoms with E-state index in [2.05, 4.69) is 21.2 Å². The first-order chi connectivity index (χ1) is 10.1. The van der Waals surface area contributed by atoms with Crippen LogP contribution in [0.4, 0.5) is 0 Å². The Labute approximate surface area is 133 Å². The van der Waals surface area contributed by atoms with E-state index in [1.165, 1.54) is 34.2 Å². The predicted molar refractivity (Wildman–Crippen MR) is 83.9 cm³/mol. The average molecular weight is 358 g/mol. The minimum atomic E-state index is -0.153. The van der Waals surface area contributed by atoms with Gasteiger partial charge in [0.05, 0.1) is 21.3 Å². The first kappa shape index (κ1) is 15.9. The first-order valence-corrected chi connectivity index (χ1v) is 7.74. The maximum absolute atomic E-state index is 12.2. The molecule has 0 aliphatic heterocycles. The van der Waals surface area contributed by atoms with E-state index in [1.54, 1.807) is 12.1 Å². The van der Waals surface area contributed by atoms with Crippen LogP contribution in [-0.4, -0.2) is 38.6 Å². The quantitative estimate of drug-likeness (QED) is 0.762. The Morgan fingerprint density at radius 1 is 1.24 bits per heavy atom. The number of nitrogens with one attached hydrogen (secondary N) is 1. The number of carbonyl (C=O) groups excluding carboxylic acids is 1. The lowest BCUT2D eigenvalue weighted by molar-refractivity contribution is 0.0952. The van der Waals surface area contributed by atoms with E-state index in [1.807, 2.05) is 0 Å². The molecule has 0 bridgehead atoms. The molecule has 1 aromatic rings. The molecule has 5 nitrogen and oxygen atoms in total. The highest BCUT2D eigenvalue weighted by atomic mass is 79.9. The van der Waals surface area contributed by atoms with Gasteiger partial charge in [0, 0.05) is 16.9 Å². The fourth-order valence-electron chi connectivity index (χ4n) is 2.13. The Kier molecular flexibility index (Phi) is 5.33. The van der Waals surface area contributed by atoms with Crippen molar-refractivity contribution in [2.24, 2.45) is 5.92 Å². The maximum Gasteiger partial charge on any atom is 0.251 e. The molecule has 0 saturated heterocycles. The highest BCUT2D eigenvalue weighted by molar-refractivity contribution is 9.09. The van der Waals surface area contributed by atoms with Gasteiger partial charge >= 0.3 is 0 Å². The highest BCUT2D eigenvalue weighted by Gasteiger charge is 2.29. The summed E-state index contributed by atoms with van der Waals surface area (Å²) in [5.41, 5.74) is 0.486. The molecule has 0 aromatic heterocycles. The number of hydrogen-bond acceptors (Lipinski definition) is 4. The Hall–Kier alpha value is -1.43. The second-order valence-electron chi connectivity index (χ2n) is 4.98. The maximum atomic E-state index is 12.2. The number of benzene rings is 1. The number of ether oxygens (including phenoxy) is 3. The Bertz CT molecular complexity index is 491. The molecular weight excluding hydrogens is 338 g/mol. The summed E-state index contributed by atoms with van der Waals surface area (Å²) in [5.74, 6) is 1.96. The van der Waals surface area contributed by atoms with Crippen molar-refractivity contribution in [3.8, 4) is 17.2 Å². The van der Waals surface area contributed by atoms with Crippen molar-refractivity contribution in [1.29, 1.82) is 0 Å². The number of halogens is 1. The van der Waals surface area contributed by atoms with E-state index < -0.39 is 0 Å². The minimum Gasteiger partial charge on any atom is -0.493 e. The zero-order valence-corrected chi connectivity index (χ0v) is 14.0. The fourth-order valence-corrected chi connectivity index (χ4v) is 2.82. The Balaban J connectivity index is 2.12. The standard InChI is InChI=1S/C15H20BrNO4/c1-19-12-6-10(7-13(20-2)14(12)21-3)15(18)17-8-11(16)9-4-5-9/h6-7,9,11H,4-5,8H2,1-3H3,(H,17,18). The minimum absolute atomic E-state index is 0.153. The summed E-state index contributed by atoms with van der Waals surface area (Å²) in [4.78, 5) is 12.6. The fraction of sp³-hybridized carbons (Fsp3) is 0.533. The SMILES string of the molecule is COc1cc(C(=O)NCC(Br)C2CC2)cc(OC)c1OC. The zero-order chi connectivity index (χ0) is 15.4. The molecule has 1 saturated carbocycles. The second-order valence-corrected chi connectivity index (χ2v) is 6.15. The zero-order valence-electron chi connectivity index (χ0n) is 12.4. The van der Waals surface area contributed by atoms with Crippen LogP contribution in [0.15, 0.2) is 12.1 Å². The van der Waals surface area contributed by atoms with Gasteiger partial charge in [-0.2, -0.15) is 0 Å². The molecule has 1 unspecified atom stereocenters. The molecule has 1 amide bonds. The molecule has 0 heterocycles. The predicted octanol–water partition coefficient (Wildman–Crippen LogP) is 2.62. The normalized spacial score (nSPS) is 15.2. The number of carbonyl (C=O) groups is 1. The largest absolute Gasteiger partial charge is 0.493 e. The molecule has 116 valence electrons. The molecule has 1 fully saturated rings. The van der Waals surface area contributed by atoms with Gasteiger partial charge in [-0.3, -0.25) is 4.79 Å². The van der Waals surface area contributed by atoms with Crippen molar-refractivity contribution in [3.05, 3.63) is 17.7 Å². The smallest absolute Gasteiger partial charge is 0.251 e. The van der Waals surface area contributed by atoms with Crippen LogP contribution < -0.4 is 19.5 Å². The van der Waals surface area contributed by atoms with Gasteiger partial charge in [-0.1, -0.05) is 15.9 Å². The Morgan fingerprint density at radius 3 is 2.24 bits per heavy atom. The van der Waals surface area contributed by atoms with Crippen LogP contribution in [0.5, 0.6) is 17.2 Å². The van der Waals surface area contributed by atoms with Crippen LogP contribution in [0.3, 0.4) is 0 Å². The van der Waals surface area contributed by atoms with E-state index in [-0.39, 0.29) is 5.91 Å². The lowest BCUT2D eigenvalue weighted by Crippen LogP contribution is -2.30. The number of alkyl halides is 1. The molecular formula is C15H20BrNO4. The van der Waals surface area contributed by atoms with Crippen molar-refractivity contribution in [2.75, 3.05) is 27.9 Å². The van der Waals surface area contributed by atoms with Crippen LogP contribution in [0.1, 0.15) is 23.2 Å². The molecule has 0 spiro atoms. The summed E-state index contributed by atoms with van der Waals surface area (Å²) in [6.45, 7) is 0.611. The molecule has 1 aromatic carbocycles. The first-order valence-electron chi connectivity index (χ1n) is 6.83. The van der Waals surface area contributed by atoms with Crippen LogP contribution in [0.2, 0.25) is 0 Å². The summed E-state index contributed by atoms with van der Waals surface area (Å²) in [6, 6.07) is 3.30. The van der Waals surface area contributed by atoms with Gasteiger partial charge in [0.1, 0.15) is 0 Å². The monoisotopic (exact) mass is 357 g/mol. The van der Waals surface area contributed by atoms with Crippen LogP contribution in [0, 0.1) is 5.92 Å². The van der Waals surface area contributed by atoms with Gasteiger partial charge in [0.25, 0.3) is 5.91 Å². The third kappa shape index (κ3) is 3.81. The summed E-state index contributed by atoms with van der Waals surface area (Å²) >= 11 is 3.60. The summed E-state index contributed by atoms with van der Waals surface area (Å²) in [6.07, 6.45) is 2.46. The van der Waals surface area contributed by atoms with E-state index in [4.69, 9.17) is 14.2 Å². The lowest BCUT2D eigenvalue weighted by atomic mass is 10.1. The van der Waals surface area contributed by atoms with Crippen molar-refractivity contribution >= 4 is 21.8 Å². The average Bonchev–Trinajstić information content (AvgIpc) is 3.35. The van der Waals surface area contributed by atoms with Crippen LogP contribution >= 0.6 is 15.9 Å². The molecule has 1 aliphatic rings. The van der Waals surface area contributed by atoms with Crippen molar-refractivity contribution in [2.45, 2.75) is 17.7 Å². The van der Waals surface area contributed by atoms with E-state index in [9.17, 15) is 4.79 Å². The lowest BCUT2D eigenvalue weighted by Gasteiger charge is -2.15. The third-order valence-electron chi connectivity index (χ3n) is 3.52. The van der Waals surface area contributed by atoms with Gasteiger partial charge in [-0.05, 0) is 30.9 Å². The highest BCUT2D eigenvalue weighted by Crippen LogP contribution is 2.38. The van der Waals surface area contributed by atoms with Gasteiger partial charge in [-0.15, -0.1) is 0 Å². The summed E-state index contributed by atoms with van der Waals surface area (Å²) in [5, 5.41) is 2.92. The molecule has 21 heavy (non-hydrogen) atoms. The van der Waals surface area contributed by atoms with E-state index in [0.29, 0.717) is 40.1 Å². The van der Waals surface area contributed by atoms with Crippen LogP contribution in [0.25, 0.3) is 0 Å². The van der Waals surface area contributed by atoms with Gasteiger partial charge < -0.3 is 19.5 Å².